The van der Waals surface area contributed by atoms with Crippen molar-refractivity contribution in [2.45, 2.75) is 18.2 Å². The van der Waals surface area contributed by atoms with E-state index < -0.39 is 10.1 Å². The molecule has 8 nitrogen and oxygen atoms in total. The normalized spacial score (nSPS) is 11.8. The topological polar surface area (TPSA) is 99.9 Å². The molecular weight excluding hydrogens is 378 g/mol. The fourth-order valence-corrected chi connectivity index (χ4v) is 3.52. The SMILES string of the molecule is Cc1ccc(S(=O)(=O)OCCc2cn(-c3cnc4ccccc4n3)nn2)cc1. The van der Waals surface area contributed by atoms with Gasteiger partial charge in [0.25, 0.3) is 10.1 Å². The lowest BCUT2D eigenvalue weighted by Gasteiger charge is -2.05. The average Bonchev–Trinajstić information content (AvgIpc) is 3.17. The van der Waals surface area contributed by atoms with E-state index in [1.54, 1.807) is 24.5 Å². The smallest absolute Gasteiger partial charge is 0.266 e. The summed E-state index contributed by atoms with van der Waals surface area (Å²) in [6, 6.07) is 14.0. The predicted molar refractivity (Wildman–Crippen MR) is 102 cm³/mol. The van der Waals surface area contributed by atoms with E-state index in [2.05, 4.69) is 20.3 Å². The summed E-state index contributed by atoms with van der Waals surface area (Å²) in [6.45, 7) is 1.86. The second-order valence-corrected chi connectivity index (χ2v) is 7.83. The minimum atomic E-state index is -3.79. The fraction of sp³-hybridized carbons (Fsp3) is 0.158. The van der Waals surface area contributed by atoms with Crippen LogP contribution in [0.3, 0.4) is 0 Å². The van der Waals surface area contributed by atoms with Gasteiger partial charge in [-0.3, -0.25) is 9.17 Å². The second kappa shape index (κ2) is 7.45. The van der Waals surface area contributed by atoms with Gasteiger partial charge in [0, 0.05) is 6.42 Å². The average molecular weight is 395 g/mol. The summed E-state index contributed by atoms with van der Waals surface area (Å²) in [7, 11) is -3.79. The van der Waals surface area contributed by atoms with Gasteiger partial charge in [0.1, 0.15) is 0 Å². The molecule has 0 radical (unpaired) electrons. The summed E-state index contributed by atoms with van der Waals surface area (Å²) in [6.07, 6.45) is 3.59. The molecule has 4 rings (SSSR count). The van der Waals surface area contributed by atoms with Gasteiger partial charge in [-0.15, -0.1) is 5.10 Å². The number of nitrogens with zero attached hydrogens (tertiary/aromatic N) is 5. The van der Waals surface area contributed by atoms with Crippen molar-refractivity contribution in [3.8, 4) is 5.82 Å². The van der Waals surface area contributed by atoms with Gasteiger partial charge in [-0.1, -0.05) is 35.0 Å². The Bertz CT molecular complexity index is 1220. The summed E-state index contributed by atoms with van der Waals surface area (Å²) in [5.74, 6) is 0.533. The molecule has 0 fully saturated rings. The standard InChI is InChI=1S/C19H17N5O3S/c1-14-6-8-16(9-7-14)28(25,26)27-11-10-15-13-24(23-22-15)19-12-20-17-4-2-3-5-18(17)21-19/h2-9,12-13H,10-11H2,1H3. The molecule has 0 aliphatic carbocycles. The van der Waals surface area contributed by atoms with Crippen molar-refractivity contribution in [2.75, 3.05) is 6.61 Å². The van der Waals surface area contributed by atoms with Gasteiger partial charge >= 0.3 is 0 Å². The molecule has 2 heterocycles. The molecule has 0 aliphatic rings. The number of rotatable bonds is 6. The number of aryl methyl sites for hydroxylation is 1. The minimum absolute atomic E-state index is 0.0295. The van der Waals surface area contributed by atoms with Crippen molar-refractivity contribution in [3.63, 3.8) is 0 Å². The number of benzene rings is 2. The molecule has 142 valence electrons. The maximum absolute atomic E-state index is 12.2. The lowest BCUT2D eigenvalue weighted by molar-refractivity contribution is 0.321. The third-order valence-corrected chi connectivity index (χ3v) is 5.44. The van der Waals surface area contributed by atoms with E-state index in [1.807, 2.05) is 31.2 Å². The number of hydrogen-bond acceptors (Lipinski definition) is 7. The molecule has 0 atom stereocenters. The van der Waals surface area contributed by atoms with Crippen molar-refractivity contribution >= 4 is 21.2 Å². The van der Waals surface area contributed by atoms with Gasteiger partial charge in [0.05, 0.1) is 40.6 Å². The van der Waals surface area contributed by atoms with E-state index in [9.17, 15) is 8.42 Å². The second-order valence-electron chi connectivity index (χ2n) is 6.21. The number of fused-ring (bicyclic) bond motifs is 1. The summed E-state index contributed by atoms with van der Waals surface area (Å²) < 4.78 is 31.0. The lowest BCUT2D eigenvalue weighted by Crippen LogP contribution is -2.09. The Morgan fingerprint density at radius 1 is 1.04 bits per heavy atom. The van der Waals surface area contributed by atoms with Crippen molar-refractivity contribution in [2.24, 2.45) is 0 Å². The summed E-state index contributed by atoms with van der Waals surface area (Å²) in [4.78, 5) is 8.97. The molecule has 9 heteroatoms. The first-order chi connectivity index (χ1) is 13.5. The van der Waals surface area contributed by atoms with Gasteiger partial charge in [0.15, 0.2) is 5.82 Å². The molecule has 4 aromatic rings. The zero-order valence-electron chi connectivity index (χ0n) is 15.1. The Morgan fingerprint density at radius 2 is 1.79 bits per heavy atom. The molecule has 0 unspecified atom stereocenters. The molecule has 0 saturated heterocycles. The van der Waals surface area contributed by atoms with E-state index in [0.717, 1.165) is 16.6 Å². The fourth-order valence-electron chi connectivity index (χ4n) is 2.61. The van der Waals surface area contributed by atoms with Crippen LogP contribution in [0, 0.1) is 6.92 Å². The van der Waals surface area contributed by atoms with Crippen LogP contribution >= 0.6 is 0 Å². The van der Waals surface area contributed by atoms with Gasteiger partial charge in [-0.25, -0.2) is 9.67 Å². The summed E-state index contributed by atoms with van der Waals surface area (Å²) in [5, 5.41) is 8.08. The van der Waals surface area contributed by atoms with Crippen LogP contribution in [0.2, 0.25) is 0 Å². The molecule has 0 saturated carbocycles. The van der Waals surface area contributed by atoms with Crippen LogP contribution in [0.4, 0.5) is 0 Å². The predicted octanol–water partition coefficient (Wildman–Crippen LogP) is 2.47. The molecule has 0 spiro atoms. The van der Waals surface area contributed by atoms with Crippen molar-refractivity contribution < 1.29 is 12.6 Å². The highest BCUT2D eigenvalue weighted by atomic mass is 32.2. The first kappa shape index (κ1) is 18.2. The highest BCUT2D eigenvalue weighted by Crippen LogP contribution is 2.14. The van der Waals surface area contributed by atoms with Crippen molar-refractivity contribution in [1.29, 1.82) is 0 Å². The van der Waals surface area contributed by atoms with E-state index in [4.69, 9.17) is 4.18 Å². The number of hydrogen-bond donors (Lipinski definition) is 0. The van der Waals surface area contributed by atoms with Crippen LogP contribution in [-0.2, 0) is 20.7 Å². The lowest BCUT2D eigenvalue weighted by atomic mass is 10.2. The van der Waals surface area contributed by atoms with E-state index in [0.29, 0.717) is 17.9 Å². The Kier molecular flexibility index (Phi) is 4.84. The number of aromatic nitrogens is 5. The maximum Gasteiger partial charge on any atom is 0.296 e. The molecule has 0 amide bonds. The zero-order chi connectivity index (χ0) is 19.6. The van der Waals surface area contributed by atoms with E-state index >= 15 is 0 Å². The van der Waals surface area contributed by atoms with Gasteiger partial charge in [0.2, 0.25) is 0 Å². The number of para-hydroxylation sites is 2. The Hall–Kier alpha value is -3.17. The monoisotopic (exact) mass is 395 g/mol. The molecule has 0 N–H and O–H groups in total. The van der Waals surface area contributed by atoms with Crippen LogP contribution < -0.4 is 0 Å². The van der Waals surface area contributed by atoms with Gasteiger partial charge in [-0.05, 0) is 31.2 Å². The summed E-state index contributed by atoms with van der Waals surface area (Å²) >= 11 is 0. The molecule has 28 heavy (non-hydrogen) atoms. The third-order valence-electron chi connectivity index (χ3n) is 4.12. The minimum Gasteiger partial charge on any atom is -0.266 e. The van der Waals surface area contributed by atoms with Crippen LogP contribution in [0.25, 0.3) is 16.9 Å². The van der Waals surface area contributed by atoms with Crippen molar-refractivity contribution in [1.82, 2.24) is 25.0 Å². The Labute approximate surface area is 162 Å². The highest BCUT2D eigenvalue weighted by molar-refractivity contribution is 7.86. The van der Waals surface area contributed by atoms with Crippen LogP contribution in [0.15, 0.2) is 65.8 Å². The molecule has 2 aromatic heterocycles. The third kappa shape index (κ3) is 3.90. The molecule has 2 aromatic carbocycles. The Balaban J connectivity index is 1.42. The molecule has 0 bridgehead atoms. The molecule has 0 aliphatic heterocycles. The van der Waals surface area contributed by atoms with Crippen LogP contribution in [0.5, 0.6) is 0 Å². The first-order valence-corrected chi connectivity index (χ1v) is 10.0. The van der Waals surface area contributed by atoms with Crippen LogP contribution in [-0.4, -0.2) is 40.0 Å². The quantitative estimate of drug-likeness (QED) is 0.462. The van der Waals surface area contributed by atoms with E-state index in [1.165, 1.54) is 16.8 Å². The van der Waals surface area contributed by atoms with E-state index in [-0.39, 0.29) is 11.5 Å². The largest absolute Gasteiger partial charge is 0.296 e. The van der Waals surface area contributed by atoms with Crippen molar-refractivity contribution in [3.05, 3.63) is 72.2 Å². The Morgan fingerprint density at radius 3 is 2.57 bits per heavy atom. The van der Waals surface area contributed by atoms with Crippen LogP contribution in [0.1, 0.15) is 11.3 Å². The zero-order valence-corrected chi connectivity index (χ0v) is 15.9. The maximum atomic E-state index is 12.2. The highest BCUT2D eigenvalue weighted by Gasteiger charge is 2.15. The van der Waals surface area contributed by atoms with Gasteiger partial charge in [-0.2, -0.15) is 8.42 Å². The molecular formula is C19H17N5O3S. The first-order valence-electron chi connectivity index (χ1n) is 8.61. The summed E-state index contributed by atoms with van der Waals surface area (Å²) in [5.41, 5.74) is 3.12. The van der Waals surface area contributed by atoms with Gasteiger partial charge < -0.3 is 0 Å².